The highest BCUT2D eigenvalue weighted by atomic mass is 16.5. The topological polar surface area (TPSA) is 72.5 Å². The molecular formula is C27H28N4O3. The van der Waals surface area contributed by atoms with Crippen molar-refractivity contribution < 1.29 is 13.9 Å². The van der Waals surface area contributed by atoms with Crippen molar-refractivity contribution >= 4 is 11.6 Å². The van der Waals surface area contributed by atoms with Crippen molar-refractivity contribution in [1.82, 2.24) is 15.1 Å². The Morgan fingerprint density at radius 3 is 2.38 bits per heavy atom. The minimum absolute atomic E-state index is 0.105. The van der Waals surface area contributed by atoms with Gasteiger partial charge in [0.2, 0.25) is 0 Å². The van der Waals surface area contributed by atoms with Crippen molar-refractivity contribution in [2.24, 2.45) is 0 Å². The molecule has 1 fully saturated rings. The van der Waals surface area contributed by atoms with Crippen LogP contribution in [-0.4, -0.2) is 41.9 Å². The van der Waals surface area contributed by atoms with Gasteiger partial charge in [-0.05, 0) is 68.3 Å². The number of furan rings is 1. The van der Waals surface area contributed by atoms with E-state index in [4.69, 9.17) is 9.15 Å². The first kappa shape index (κ1) is 21.8. The van der Waals surface area contributed by atoms with E-state index < -0.39 is 0 Å². The summed E-state index contributed by atoms with van der Waals surface area (Å²) >= 11 is 0. The second kappa shape index (κ2) is 9.47. The fourth-order valence-electron chi connectivity index (χ4n) is 4.34. The largest absolute Gasteiger partial charge is 0.497 e. The number of amides is 1. The van der Waals surface area contributed by atoms with Crippen LogP contribution in [0.4, 0.5) is 5.69 Å². The third-order valence-corrected chi connectivity index (χ3v) is 6.22. The monoisotopic (exact) mass is 456 g/mol. The number of para-hydroxylation sites is 1. The fourth-order valence-corrected chi connectivity index (χ4v) is 4.34. The van der Waals surface area contributed by atoms with Gasteiger partial charge in [0.1, 0.15) is 17.2 Å². The molecule has 2 aromatic carbocycles. The first-order chi connectivity index (χ1) is 16.6. The van der Waals surface area contributed by atoms with Crippen LogP contribution in [-0.2, 0) is 0 Å². The third kappa shape index (κ3) is 4.55. The molecule has 5 rings (SSSR count). The van der Waals surface area contributed by atoms with E-state index in [-0.39, 0.29) is 11.9 Å². The number of piperidine rings is 1. The van der Waals surface area contributed by atoms with Crippen molar-refractivity contribution in [2.75, 3.05) is 25.1 Å². The molecular weight excluding hydrogens is 428 g/mol. The highest BCUT2D eigenvalue weighted by Crippen LogP contribution is 2.27. The average Bonchev–Trinajstić information content (AvgIpc) is 3.52. The SMILES string of the molecule is COc1ccc(N2CCC(NC(=O)c3cn(-c4ccccc4)nc3-c3ccc(C)o3)CC2)cc1. The number of methoxy groups -OCH3 is 1. The normalized spacial score (nSPS) is 14.2. The van der Waals surface area contributed by atoms with Gasteiger partial charge in [-0.15, -0.1) is 0 Å². The Balaban J connectivity index is 1.31. The second-order valence-corrected chi connectivity index (χ2v) is 8.51. The van der Waals surface area contributed by atoms with Gasteiger partial charge < -0.3 is 19.4 Å². The first-order valence-corrected chi connectivity index (χ1v) is 11.5. The molecule has 0 unspecified atom stereocenters. The molecule has 7 nitrogen and oxygen atoms in total. The van der Waals surface area contributed by atoms with Crippen LogP contribution < -0.4 is 15.0 Å². The number of hydrogen-bond donors (Lipinski definition) is 1. The fraction of sp³-hybridized carbons (Fsp3) is 0.259. The number of carbonyl (C=O) groups excluding carboxylic acids is 1. The molecule has 7 heteroatoms. The molecule has 34 heavy (non-hydrogen) atoms. The lowest BCUT2D eigenvalue weighted by molar-refractivity contribution is 0.0931. The van der Waals surface area contributed by atoms with Gasteiger partial charge in [-0.25, -0.2) is 4.68 Å². The summed E-state index contributed by atoms with van der Waals surface area (Å²) < 4.78 is 12.8. The van der Waals surface area contributed by atoms with Crippen molar-refractivity contribution in [2.45, 2.75) is 25.8 Å². The van der Waals surface area contributed by atoms with E-state index in [1.807, 2.05) is 61.5 Å². The third-order valence-electron chi connectivity index (χ3n) is 6.22. The summed E-state index contributed by atoms with van der Waals surface area (Å²) in [5.41, 5.74) is 3.12. The molecule has 1 amide bonds. The number of anilines is 1. The van der Waals surface area contributed by atoms with Gasteiger partial charge in [0.25, 0.3) is 5.91 Å². The smallest absolute Gasteiger partial charge is 0.255 e. The Kier molecular flexibility index (Phi) is 6.08. The molecule has 3 heterocycles. The zero-order chi connectivity index (χ0) is 23.5. The number of nitrogens with zero attached hydrogens (tertiary/aromatic N) is 3. The molecule has 2 aromatic heterocycles. The van der Waals surface area contributed by atoms with Gasteiger partial charge in [-0.2, -0.15) is 5.10 Å². The zero-order valence-corrected chi connectivity index (χ0v) is 19.4. The average molecular weight is 457 g/mol. The number of nitrogens with one attached hydrogen (secondary N) is 1. The second-order valence-electron chi connectivity index (χ2n) is 8.51. The number of aromatic nitrogens is 2. The molecule has 1 N–H and O–H groups in total. The van der Waals surface area contributed by atoms with E-state index in [1.54, 1.807) is 18.0 Å². The van der Waals surface area contributed by atoms with Crippen LogP contribution in [0.2, 0.25) is 0 Å². The minimum Gasteiger partial charge on any atom is -0.497 e. The van der Waals surface area contributed by atoms with Gasteiger partial charge in [0.15, 0.2) is 5.76 Å². The summed E-state index contributed by atoms with van der Waals surface area (Å²) in [5.74, 6) is 2.09. The molecule has 1 aliphatic rings. The maximum atomic E-state index is 13.3. The molecule has 0 radical (unpaired) electrons. The molecule has 1 aliphatic heterocycles. The molecule has 0 aliphatic carbocycles. The summed E-state index contributed by atoms with van der Waals surface area (Å²) in [6, 6.07) is 21.7. The van der Waals surface area contributed by atoms with Crippen LogP contribution in [0.1, 0.15) is 29.0 Å². The molecule has 4 aromatic rings. The Labute approximate surface area is 199 Å². The van der Waals surface area contributed by atoms with E-state index in [0.29, 0.717) is 17.0 Å². The molecule has 174 valence electrons. The summed E-state index contributed by atoms with van der Waals surface area (Å²) in [7, 11) is 1.67. The van der Waals surface area contributed by atoms with Gasteiger partial charge in [0.05, 0.1) is 18.4 Å². The summed E-state index contributed by atoms with van der Waals surface area (Å²) in [6.07, 6.45) is 3.53. The van der Waals surface area contributed by atoms with Gasteiger partial charge >= 0.3 is 0 Å². The number of carbonyl (C=O) groups is 1. The lowest BCUT2D eigenvalue weighted by Gasteiger charge is -2.34. The van der Waals surface area contributed by atoms with Gasteiger partial charge in [0, 0.05) is 31.0 Å². The number of aryl methyl sites for hydroxylation is 1. The Morgan fingerprint density at radius 2 is 1.74 bits per heavy atom. The number of rotatable bonds is 6. The Morgan fingerprint density at radius 1 is 1.00 bits per heavy atom. The van der Waals surface area contributed by atoms with E-state index in [2.05, 4.69) is 27.4 Å². The molecule has 0 atom stereocenters. The predicted molar refractivity (Wildman–Crippen MR) is 132 cm³/mol. The first-order valence-electron chi connectivity index (χ1n) is 11.5. The number of hydrogen-bond acceptors (Lipinski definition) is 5. The van der Waals surface area contributed by atoms with Crippen molar-refractivity contribution in [3.8, 4) is 22.9 Å². The summed E-state index contributed by atoms with van der Waals surface area (Å²) in [5, 5.41) is 7.91. The molecule has 0 bridgehead atoms. The lowest BCUT2D eigenvalue weighted by Crippen LogP contribution is -2.44. The van der Waals surface area contributed by atoms with Crippen LogP contribution in [0, 0.1) is 6.92 Å². The van der Waals surface area contributed by atoms with Crippen LogP contribution in [0.15, 0.2) is 77.3 Å². The zero-order valence-electron chi connectivity index (χ0n) is 19.4. The molecule has 0 saturated carbocycles. The highest BCUT2D eigenvalue weighted by Gasteiger charge is 2.25. The van der Waals surface area contributed by atoms with Crippen molar-refractivity contribution in [3.05, 3.63) is 84.3 Å². The van der Waals surface area contributed by atoms with Gasteiger partial charge in [-0.3, -0.25) is 4.79 Å². The number of benzene rings is 2. The quantitative estimate of drug-likeness (QED) is 0.449. The van der Waals surface area contributed by atoms with E-state index in [1.165, 1.54) is 5.69 Å². The number of ether oxygens (including phenoxy) is 1. The predicted octanol–water partition coefficient (Wildman–Crippen LogP) is 4.85. The lowest BCUT2D eigenvalue weighted by atomic mass is 10.0. The van der Waals surface area contributed by atoms with Crippen molar-refractivity contribution in [1.29, 1.82) is 0 Å². The summed E-state index contributed by atoms with van der Waals surface area (Å²) in [4.78, 5) is 15.7. The molecule has 1 saturated heterocycles. The van der Waals surface area contributed by atoms with Crippen LogP contribution in [0.5, 0.6) is 5.75 Å². The standard InChI is InChI=1S/C27H28N4O3/c1-19-8-13-25(34-19)26-24(18-31(29-26)22-6-4-3-5-7-22)27(32)28-20-14-16-30(17-15-20)21-9-11-23(33-2)12-10-21/h3-13,18,20H,14-17H2,1-2H3,(H,28,32). The van der Waals surface area contributed by atoms with E-state index in [0.717, 1.165) is 43.1 Å². The molecule has 0 spiro atoms. The maximum Gasteiger partial charge on any atom is 0.255 e. The van der Waals surface area contributed by atoms with Crippen LogP contribution in [0.3, 0.4) is 0 Å². The minimum atomic E-state index is -0.130. The Bertz CT molecular complexity index is 1250. The Hall–Kier alpha value is -4.00. The van der Waals surface area contributed by atoms with Crippen LogP contribution in [0.25, 0.3) is 17.1 Å². The summed E-state index contributed by atoms with van der Waals surface area (Å²) in [6.45, 7) is 3.64. The van der Waals surface area contributed by atoms with E-state index in [9.17, 15) is 4.79 Å². The van der Waals surface area contributed by atoms with E-state index >= 15 is 0 Å². The van der Waals surface area contributed by atoms with Crippen LogP contribution >= 0.6 is 0 Å². The van der Waals surface area contributed by atoms with Crippen molar-refractivity contribution in [3.63, 3.8) is 0 Å². The van der Waals surface area contributed by atoms with Gasteiger partial charge in [-0.1, -0.05) is 18.2 Å². The highest BCUT2D eigenvalue weighted by molar-refractivity contribution is 5.99. The maximum absolute atomic E-state index is 13.3.